The number of hydrogen-bond acceptors (Lipinski definition) is 3. The summed E-state index contributed by atoms with van der Waals surface area (Å²) in [5, 5.41) is 31.8. The quantitative estimate of drug-likeness (QED) is 0.319. The molecule has 3 N–H and O–H groups in total. The molecule has 0 aromatic carbocycles. The minimum Gasteiger partial charge on any atom is -0.508 e. The van der Waals surface area contributed by atoms with Crippen molar-refractivity contribution in [2.75, 3.05) is 0 Å². The molecule has 0 bridgehead atoms. The summed E-state index contributed by atoms with van der Waals surface area (Å²) in [4.78, 5) is 0. The molecule has 224 valence electrons. The van der Waals surface area contributed by atoms with Crippen LogP contribution in [-0.4, -0.2) is 15.3 Å². The van der Waals surface area contributed by atoms with E-state index in [1.807, 2.05) is 36.5 Å². The van der Waals surface area contributed by atoms with E-state index in [2.05, 4.69) is 108 Å². The lowest BCUT2D eigenvalue weighted by Crippen LogP contribution is -2.59. The molecule has 3 heteroatoms. The van der Waals surface area contributed by atoms with E-state index in [-0.39, 0.29) is 62.1 Å². The zero-order valence-electron chi connectivity index (χ0n) is 27.6. The first-order valence-corrected chi connectivity index (χ1v) is 15.4. The second kappa shape index (κ2) is 10.3. The fraction of sp³-hybridized carbons (Fsp3) is 0.676. The first-order chi connectivity index (χ1) is 18.1. The molecule has 3 rings (SSSR count). The molecule has 0 aliphatic heterocycles. The third kappa shape index (κ3) is 4.84. The summed E-state index contributed by atoms with van der Waals surface area (Å²) in [7, 11) is 0. The molecular formula is C37H58O3. The second-order valence-corrected chi connectivity index (χ2v) is 16.4. The molecule has 7 unspecified atom stereocenters. The Balaban J connectivity index is 2.39. The number of rotatable bonds is 5. The number of aliphatic hydroxyl groups excluding tert-OH is 3. The van der Waals surface area contributed by atoms with E-state index in [0.29, 0.717) is 17.3 Å². The normalized spacial score (nSPS) is 36.5. The predicted molar refractivity (Wildman–Crippen MR) is 170 cm³/mol. The fourth-order valence-electron chi connectivity index (χ4n) is 9.87. The minimum atomic E-state index is -0.279. The van der Waals surface area contributed by atoms with Crippen LogP contribution in [0.25, 0.3) is 0 Å². The van der Waals surface area contributed by atoms with Crippen LogP contribution in [-0.2, 0) is 0 Å². The van der Waals surface area contributed by atoms with E-state index in [9.17, 15) is 15.3 Å². The lowest BCUT2D eigenvalue weighted by molar-refractivity contribution is -0.114. The van der Waals surface area contributed by atoms with Crippen LogP contribution in [0.3, 0.4) is 0 Å². The molecule has 0 heterocycles. The van der Waals surface area contributed by atoms with Crippen molar-refractivity contribution in [1.82, 2.24) is 0 Å². The summed E-state index contributed by atoms with van der Waals surface area (Å²) in [5.41, 5.74) is -1.03. The Kier molecular flexibility index (Phi) is 8.32. The summed E-state index contributed by atoms with van der Waals surface area (Å²) in [6.07, 6.45) is 19.8. The van der Waals surface area contributed by atoms with Gasteiger partial charge in [0.1, 0.15) is 17.3 Å². The molecule has 0 aromatic heterocycles. The van der Waals surface area contributed by atoms with Crippen molar-refractivity contribution in [2.24, 2.45) is 62.1 Å². The maximum atomic E-state index is 10.7. The second-order valence-electron chi connectivity index (χ2n) is 16.4. The summed E-state index contributed by atoms with van der Waals surface area (Å²) in [6.45, 7) is 30.3. The van der Waals surface area contributed by atoms with Crippen LogP contribution < -0.4 is 0 Å². The molecule has 0 spiro atoms. The first-order valence-electron chi connectivity index (χ1n) is 15.4. The minimum absolute atomic E-state index is 0.0493. The van der Waals surface area contributed by atoms with Crippen LogP contribution >= 0.6 is 0 Å². The van der Waals surface area contributed by atoms with Gasteiger partial charge in [-0.25, -0.2) is 0 Å². The molecule has 7 atom stereocenters. The van der Waals surface area contributed by atoms with Gasteiger partial charge in [-0.1, -0.05) is 108 Å². The van der Waals surface area contributed by atoms with Gasteiger partial charge in [-0.2, -0.15) is 0 Å². The van der Waals surface area contributed by atoms with Crippen molar-refractivity contribution in [3.8, 4) is 0 Å². The number of allylic oxidation sites excluding steroid dienone is 9. The van der Waals surface area contributed by atoms with E-state index in [0.717, 1.165) is 6.42 Å². The van der Waals surface area contributed by atoms with E-state index in [1.165, 1.54) is 0 Å². The van der Waals surface area contributed by atoms with Crippen molar-refractivity contribution in [1.29, 1.82) is 0 Å². The van der Waals surface area contributed by atoms with Gasteiger partial charge in [0.05, 0.1) is 0 Å². The molecule has 0 saturated carbocycles. The zero-order chi connectivity index (χ0) is 30.7. The van der Waals surface area contributed by atoms with Gasteiger partial charge in [-0.05, 0) is 88.7 Å². The molecule has 0 fully saturated rings. The molecule has 0 aromatic rings. The van der Waals surface area contributed by atoms with Crippen LogP contribution in [0.2, 0.25) is 0 Å². The maximum Gasteiger partial charge on any atom is 0.111 e. The van der Waals surface area contributed by atoms with Gasteiger partial charge in [-0.3, -0.25) is 0 Å². The van der Waals surface area contributed by atoms with E-state index in [1.54, 1.807) is 0 Å². The predicted octanol–water partition coefficient (Wildman–Crippen LogP) is 10.7. The van der Waals surface area contributed by atoms with Crippen molar-refractivity contribution < 1.29 is 15.3 Å². The molecule has 0 radical (unpaired) electrons. The Morgan fingerprint density at radius 1 is 0.575 bits per heavy atom. The van der Waals surface area contributed by atoms with Gasteiger partial charge in [0.2, 0.25) is 0 Å². The highest BCUT2D eigenvalue weighted by molar-refractivity contribution is 5.35. The summed E-state index contributed by atoms with van der Waals surface area (Å²) < 4.78 is 0. The highest BCUT2D eigenvalue weighted by Gasteiger charge is 2.63. The smallest absolute Gasteiger partial charge is 0.111 e. The zero-order valence-corrected chi connectivity index (χ0v) is 27.6. The molecule has 0 saturated heterocycles. The lowest BCUT2D eigenvalue weighted by Gasteiger charge is -2.65. The average Bonchev–Trinajstić information content (AvgIpc) is 2.76. The number of aliphatic hydroxyl groups is 3. The lowest BCUT2D eigenvalue weighted by atomic mass is 9.39. The van der Waals surface area contributed by atoms with E-state index in [4.69, 9.17) is 0 Å². The van der Waals surface area contributed by atoms with Gasteiger partial charge in [0.15, 0.2) is 0 Å². The summed E-state index contributed by atoms with van der Waals surface area (Å²) >= 11 is 0. The van der Waals surface area contributed by atoms with Crippen LogP contribution in [0.4, 0.5) is 0 Å². The number of hydrogen-bond donors (Lipinski definition) is 3. The van der Waals surface area contributed by atoms with Crippen LogP contribution in [0.15, 0.2) is 72.0 Å². The van der Waals surface area contributed by atoms with Crippen LogP contribution in [0.1, 0.15) is 96.4 Å². The molecule has 3 aliphatic carbocycles. The van der Waals surface area contributed by atoms with Crippen molar-refractivity contribution in [2.45, 2.75) is 96.4 Å². The first kappa shape index (κ1) is 32.4. The van der Waals surface area contributed by atoms with Crippen molar-refractivity contribution in [3.05, 3.63) is 72.0 Å². The summed E-state index contributed by atoms with van der Waals surface area (Å²) in [6, 6.07) is 0. The highest BCUT2D eigenvalue weighted by atomic mass is 16.3. The fourth-order valence-corrected chi connectivity index (χ4v) is 9.87. The van der Waals surface area contributed by atoms with E-state index >= 15 is 0 Å². The van der Waals surface area contributed by atoms with Crippen molar-refractivity contribution in [3.63, 3.8) is 0 Å². The largest absolute Gasteiger partial charge is 0.508 e. The highest BCUT2D eigenvalue weighted by Crippen LogP contribution is 2.68. The molecule has 3 nitrogen and oxygen atoms in total. The molecular weight excluding hydrogens is 492 g/mol. The average molecular weight is 551 g/mol. The van der Waals surface area contributed by atoms with Gasteiger partial charge in [-0.15, -0.1) is 0 Å². The maximum absolute atomic E-state index is 10.7. The standard InChI is InChI=1S/C37H58O3/c1-24-20-28(38)14-17-35(24,32(5,6)7)27(4)23-31(36(33(8,9)10)18-15-29(39)21-25(36)2)37(34(11,12)13)19-16-30(40)22-26(37)3/h14-22,24-27,31,38-40H,23H2,1-13H3. The molecule has 3 aliphatic rings. The Labute approximate surface area is 245 Å². The molecule has 0 amide bonds. The van der Waals surface area contributed by atoms with Crippen LogP contribution in [0, 0.1) is 62.1 Å². The van der Waals surface area contributed by atoms with Gasteiger partial charge >= 0.3 is 0 Å². The van der Waals surface area contributed by atoms with Crippen molar-refractivity contribution >= 4 is 0 Å². The molecule has 40 heavy (non-hydrogen) atoms. The van der Waals surface area contributed by atoms with Gasteiger partial charge in [0, 0.05) is 16.2 Å². The Bertz CT molecular complexity index is 1080. The van der Waals surface area contributed by atoms with Gasteiger partial charge in [0.25, 0.3) is 0 Å². The SMILES string of the molecule is CC1C=C(O)C=CC1(C(C)CC(C1(C(C)(C)C)C=CC(O)=CC1C)C1(C(C)(C)C)C=CC(O)=CC1C)C(C)(C)C. The third-order valence-electron chi connectivity index (χ3n) is 11.6. The Hall–Kier alpha value is -2.16. The Morgan fingerprint density at radius 3 is 1.10 bits per heavy atom. The van der Waals surface area contributed by atoms with Crippen LogP contribution in [0.5, 0.6) is 0 Å². The summed E-state index contributed by atoms with van der Waals surface area (Å²) in [5.74, 6) is 1.82. The monoisotopic (exact) mass is 550 g/mol. The third-order valence-corrected chi connectivity index (χ3v) is 11.6. The van der Waals surface area contributed by atoms with Gasteiger partial charge < -0.3 is 15.3 Å². The van der Waals surface area contributed by atoms with E-state index < -0.39 is 0 Å². The topological polar surface area (TPSA) is 60.7 Å². The Morgan fingerprint density at radius 2 is 0.850 bits per heavy atom.